The molecule has 2 aromatic rings. The number of likely N-dealkylation sites (tertiary alicyclic amines) is 1. The van der Waals surface area contributed by atoms with Crippen LogP contribution in [0.25, 0.3) is 5.52 Å². The van der Waals surface area contributed by atoms with Crippen molar-refractivity contribution < 1.29 is 4.79 Å². The minimum Gasteiger partial charge on any atom is -0.335 e. The van der Waals surface area contributed by atoms with Gasteiger partial charge in [0.25, 0.3) is 5.91 Å². The van der Waals surface area contributed by atoms with Gasteiger partial charge in [-0.25, -0.2) is 4.52 Å². The van der Waals surface area contributed by atoms with Crippen molar-refractivity contribution in [2.45, 2.75) is 6.04 Å². The molecule has 5 heteroatoms. The molecule has 0 aromatic carbocycles. The number of hydrogen-bond donors (Lipinski definition) is 1. The lowest BCUT2D eigenvalue weighted by atomic mass is 10.1. The molecular formula is C11H12N4O. The summed E-state index contributed by atoms with van der Waals surface area (Å²) in [5.41, 5.74) is 7.14. The summed E-state index contributed by atoms with van der Waals surface area (Å²) in [6.07, 6.45) is 3.44. The number of fused-ring (bicyclic) bond motifs is 1. The molecule has 3 heterocycles. The maximum atomic E-state index is 12.1. The molecule has 82 valence electrons. The second kappa shape index (κ2) is 3.31. The minimum absolute atomic E-state index is 0.0166. The van der Waals surface area contributed by atoms with Gasteiger partial charge in [0.2, 0.25) is 0 Å². The number of nitrogens with zero attached hydrogens (tertiary/aromatic N) is 3. The molecule has 1 aliphatic heterocycles. The highest BCUT2D eigenvalue weighted by molar-refractivity contribution is 6.01. The highest BCUT2D eigenvalue weighted by Gasteiger charge is 2.29. The fourth-order valence-corrected chi connectivity index (χ4v) is 1.95. The molecule has 1 fully saturated rings. The number of carbonyl (C=O) groups is 1. The van der Waals surface area contributed by atoms with Gasteiger partial charge in [-0.2, -0.15) is 5.10 Å². The molecule has 0 atom stereocenters. The fourth-order valence-electron chi connectivity index (χ4n) is 1.95. The molecule has 16 heavy (non-hydrogen) atoms. The molecule has 5 nitrogen and oxygen atoms in total. The molecule has 0 spiro atoms. The van der Waals surface area contributed by atoms with Crippen LogP contribution in [0.1, 0.15) is 10.4 Å². The maximum Gasteiger partial charge on any atom is 0.257 e. The summed E-state index contributed by atoms with van der Waals surface area (Å²) < 4.78 is 1.70. The molecule has 0 saturated carbocycles. The van der Waals surface area contributed by atoms with Crippen LogP contribution in [0.2, 0.25) is 0 Å². The van der Waals surface area contributed by atoms with Crippen LogP contribution < -0.4 is 5.73 Å². The standard InChI is InChI=1S/C11H12N4O/c12-8-6-14(7-8)11(16)9-5-13-15-4-2-1-3-10(9)15/h1-5,8H,6-7,12H2. The fraction of sp³-hybridized carbons (Fsp3) is 0.273. The first kappa shape index (κ1) is 9.35. The van der Waals surface area contributed by atoms with Crippen molar-refractivity contribution in [1.29, 1.82) is 0 Å². The van der Waals surface area contributed by atoms with E-state index in [4.69, 9.17) is 5.73 Å². The van der Waals surface area contributed by atoms with Crippen LogP contribution in [0.15, 0.2) is 30.6 Å². The van der Waals surface area contributed by atoms with E-state index in [1.165, 1.54) is 0 Å². The summed E-state index contributed by atoms with van der Waals surface area (Å²) in [4.78, 5) is 13.8. The SMILES string of the molecule is NC1CN(C(=O)c2cnn3ccccc23)C1. The van der Waals surface area contributed by atoms with E-state index in [9.17, 15) is 4.79 Å². The number of rotatable bonds is 1. The first-order valence-corrected chi connectivity index (χ1v) is 5.23. The molecule has 1 saturated heterocycles. The lowest BCUT2D eigenvalue weighted by Crippen LogP contribution is -2.57. The molecule has 3 rings (SSSR count). The Morgan fingerprint density at radius 3 is 3.00 bits per heavy atom. The molecule has 1 amide bonds. The number of carbonyl (C=O) groups excluding carboxylic acids is 1. The van der Waals surface area contributed by atoms with Crippen molar-refractivity contribution in [2.75, 3.05) is 13.1 Å². The Labute approximate surface area is 92.5 Å². The summed E-state index contributed by atoms with van der Waals surface area (Å²) >= 11 is 0. The Bertz CT molecular complexity index is 542. The molecule has 0 unspecified atom stereocenters. The van der Waals surface area contributed by atoms with Crippen LogP contribution >= 0.6 is 0 Å². The van der Waals surface area contributed by atoms with E-state index in [1.807, 2.05) is 24.4 Å². The molecular weight excluding hydrogens is 204 g/mol. The zero-order chi connectivity index (χ0) is 11.1. The van der Waals surface area contributed by atoms with Crippen molar-refractivity contribution in [3.63, 3.8) is 0 Å². The maximum absolute atomic E-state index is 12.1. The Kier molecular flexibility index (Phi) is 1.94. The summed E-state index contributed by atoms with van der Waals surface area (Å²) in [5.74, 6) is 0.0166. The van der Waals surface area contributed by atoms with E-state index in [0.717, 1.165) is 5.52 Å². The molecule has 2 N–H and O–H groups in total. The third kappa shape index (κ3) is 1.29. The van der Waals surface area contributed by atoms with Gasteiger partial charge in [-0.3, -0.25) is 4.79 Å². The number of aromatic nitrogens is 2. The molecule has 0 aliphatic carbocycles. The summed E-state index contributed by atoms with van der Waals surface area (Å²) in [6, 6.07) is 5.80. The van der Waals surface area contributed by atoms with Crippen LogP contribution in [-0.2, 0) is 0 Å². The lowest BCUT2D eigenvalue weighted by molar-refractivity contribution is 0.0610. The third-order valence-electron chi connectivity index (χ3n) is 2.85. The van der Waals surface area contributed by atoms with Crippen LogP contribution in [0.4, 0.5) is 0 Å². The van der Waals surface area contributed by atoms with Crippen molar-refractivity contribution in [2.24, 2.45) is 5.73 Å². The van der Waals surface area contributed by atoms with E-state index in [0.29, 0.717) is 18.7 Å². The van der Waals surface area contributed by atoms with Gasteiger partial charge in [-0.1, -0.05) is 6.07 Å². The monoisotopic (exact) mass is 216 g/mol. The molecule has 0 bridgehead atoms. The Hall–Kier alpha value is -1.88. The predicted molar refractivity (Wildman–Crippen MR) is 59.1 cm³/mol. The summed E-state index contributed by atoms with van der Waals surface area (Å²) in [5, 5.41) is 4.14. The van der Waals surface area contributed by atoms with E-state index >= 15 is 0 Å². The van der Waals surface area contributed by atoms with Crippen LogP contribution in [0, 0.1) is 0 Å². The zero-order valence-electron chi connectivity index (χ0n) is 8.71. The second-order valence-corrected chi connectivity index (χ2v) is 4.06. The van der Waals surface area contributed by atoms with Crippen molar-refractivity contribution >= 4 is 11.4 Å². The van der Waals surface area contributed by atoms with Gasteiger partial charge in [-0.15, -0.1) is 0 Å². The number of amides is 1. The highest BCUT2D eigenvalue weighted by atomic mass is 16.2. The lowest BCUT2D eigenvalue weighted by Gasteiger charge is -2.36. The Balaban J connectivity index is 1.97. The van der Waals surface area contributed by atoms with Gasteiger partial charge < -0.3 is 10.6 Å². The van der Waals surface area contributed by atoms with Crippen LogP contribution in [-0.4, -0.2) is 39.6 Å². The zero-order valence-corrected chi connectivity index (χ0v) is 8.71. The topological polar surface area (TPSA) is 63.6 Å². The summed E-state index contributed by atoms with van der Waals surface area (Å²) in [7, 11) is 0. The first-order chi connectivity index (χ1) is 7.75. The largest absolute Gasteiger partial charge is 0.335 e. The smallest absolute Gasteiger partial charge is 0.257 e. The van der Waals surface area contributed by atoms with Crippen molar-refractivity contribution in [3.8, 4) is 0 Å². The van der Waals surface area contributed by atoms with Gasteiger partial charge in [0, 0.05) is 25.3 Å². The van der Waals surface area contributed by atoms with Gasteiger partial charge in [0.15, 0.2) is 0 Å². The van der Waals surface area contributed by atoms with Gasteiger partial charge in [-0.05, 0) is 12.1 Å². The number of hydrogen-bond acceptors (Lipinski definition) is 3. The Morgan fingerprint density at radius 1 is 1.44 bits per heavy atom. The van der Waals surface area contributed by atoms with Crippen LogP contribution in [0.5, 0.6) is 0 Å². The Morgan fingerprint density at radius 2 is 2.25 bits per heavy atom. The third-order valence-corrected chi connectivity index (χ3v) is 2.85. The van der Waals surface area contributed by atoms with Gasteiger partial charge in [0.05, 0.1) is 17.3 Å². The highest BCUT2D eigenvalue weighted by Crippen LogP contribution is 2.16. The number of pyridine rings is 1. The van der Waals surface area contributed by atoms with E-state index in [2.05, 4.69) is 5.10 Å². The van der Waals surface area contributed by atoms with Crippen molar-refractivity contribution in [1.82, 2.24) is 14.5 Å². The van der Waals surface area contributed by atoms with E-state index < -0.39 is 0 Å². The van der Waals surface area contributed by atoms with Gasteiger partial charge >= 0.3 is 0 Å². The van der Waals surface area contributed by atoms with Gasteiger partial charge in [0.1, 0.15) is 0 Å². The van der Waals surface area contributed by atoms with E-state index in [-0.39, 0.29) is 11.9 Å². The molecule has 0 radical (unpaired) electrons. The number of nitrogens with two attached hydrogens (primary N) is 1. The van der Waals surface area contributed by atoms with Crippen LogP contribution in [0.3, 0.4) is 0 Å². The summed E-state index contributed by atoms with van der Waals surface area (Å²) in [6.45, 7) is 1.28. The normalized spacial score (nSPS) is 16.4. The minimum atomic E-state index is 0.0166. The average Bonchev–Trinajstić information content (AvgIpc) is 2.67. The van der Waals surface area contributed by atoms with Crippen molar-refractivity contribution in [3.05, 3.63) is 36.2 Å². The first-order valence-electron chi connectivity index (χ1n) is 5.23. The molecule has 1 aliphatic rings. The second-order valence-electron chi connectivity index (χ2n) is 4.06. The average molecular weight is 216 g/mol. The van der Waals surface area contributed by atoms with E-state index in [1.54, 1.807) is 15.6 Å². The predicted octanol–water partition coefficient (Wildman–Crippen LogP) is 0.117. The molecule has 2 aromatic heterocycles. The quantitative estimate of drug-likeness (QED) is 0.736.